The van der Waals surface area contributed by atoms with Crippen LogP contribution in [-0.4, -0.2) is 31.2 Å². The van der Waals surface area contributed by atoms with E-state index in [1.165, 1.54) is 11.8 Å². The lowest BCUT2D eigenvalue weighted by Crippen LogP contribution is -2.23. The van der Waals surface area contributed by atoms with Gasteiger partial charge in [0.1, 0.15) is 5.82 Å². The van der Waals surface area contributed by atoms with E-state index in [2.05, 4.69) is 20.5 Å². The molecule has 0 atom stereocenters. The Hall–Kier alpha value is -2.12. The Labute approximate surface area is 155 Å². The topological polar surface area (TPSA) is 72.2 Å². The molecule has 8 heteroatoms. The van der Waals surface area contributed by atoms with E-state index < -0.39 is 0 Å². The molecule has 0 aliphatic rings. The van der Waals surface area contributed by atoms with E-state index in [0.29, 0.717) is 23.7 Å². The molecule has 0 unspecified atom stereocenters. The van der Waals surface area contributed by atoms with Gasteiger partial charge >= 0.3 is 0 Å². The van der Waals surface area contributed by atoms with Crippen LogP contribution in [0.2, 0.25) is 5.02 Å². The van der Waals surface area contributed by atoms with Crippen LogP contribution >= 0.6 is 23.4 Å². The van der Waals surface area contributed by atoms with Crippen LogP contribution < -0.4 is 5.32 Å². The molecule has 0 saturated heterocycles. The largest absolute Gasteiger partial charge is 0.352 e. The molecule has 3 rings (SSSR count). The van der Waals surface area contributed by atoms with Crippen molar-refractivity contribution in [2.45, 2.75) is 32.0 Å². The van der Waals surface area contributed by atoms with Gasteiger partial charge in [-0.3, -0.25) is 9.20 Å². The molecule has 6 nitrogen and oxygen atoms in total. The molecule has 1 aromatic carbocycles. The number of benzene rings is 1. The summed E-state index contributed by atoms with van der Waals surface area (Å²) in [5.74, 6) is 1.43. The highest BCUT2D eigenvalue weighted by molar-refractivity contribution is 7.99. The molecule has 0 fully saturated rings. The Kier molecular flexibility index (Phi) is 5.55. The molecule has 0 radical (unpaired) electrons. The van der Waals surface area contributed by atoms with Crippen LogP contribution in [-0.2, 0) is 11.3 Å². The maximum atomic E-state index is 12.0. The number of aryl methyl sites for hydroxylation is 2. The van der Waals surface area contributed by atoms with Crippen LogP contribution in [0.1, 0.15) is 23.5 Å². The number of nitrogens with zero attached hydrogens (tertiary/aromatic N) is 4. The normalized spacial score (nSPS) is 11.0. The molecule has 0 bridgehead atoms. The Balaban J connectivity index is 1.53. The Morgan fingerprint density at radius 3 is 2.88 bits per heavy atom. The predicted octanol–water partition coefficient (Wildman–Crippen LogP) is 3.19. The summed E-state index contributed by atoms with van der Waals surface area (Å²) in [6, 6.07) is 9.37. The van der Waals surface area contributed by atoms with Gasteiger partial charge in [-0.2, -0.15) is 0 Å². The summed E-state index contributed by atoms with van der Waals surface area (Å²) in [5, 5.41) is 12.6. The van der Waals surface area contributed by atoms with Crippen molar-refractivity contribution < 1.29 is 4.79 Å². The van der Waals surface area contributed by atoms with Crippen molar-refractivity contribution in [3.05, 3.63) is 52.4 Å². The van der Waals surface area contributed by atoms with Crippen molar-refractivity contribution in [2.75, 3.05) is 5.75 Å². The second kappa shape index (κ2) is 7.84. The van der Waals surface area contributed by atoms with E-state index in [0.717, 1.165) is 27.9 Å². The first-order chi connectivity index (χ1) is 12.0. The quantitative estimate of drug-likeness (QED) is 0.670. The number of fused-ring (bicyclic) bond motifs is 1. The van der Waals surface area contributed by atoms with E-state index in [4.69, 9.17) is 11.6 Å². The number of rotatable bonds is 6. The first-order valence-corrected chi connectivity index (χ1v) is 9.23. The second-order valence-corrected chi connectivity index (χ2v) is 7.06. The summed E-state index contributed by atoms with van der Waals surface area (Å²) in [4.78, 5) is 16.4. The van der Waals surface area contributed by atoms with Crippen molar-refractivity contribution in [3.8, 4) is 0 Å². The van der Waals surface area contributed by atoms with Crippen LogP contribution in [0.25, 0.3) is 5.65 Å². The minimum absolute atomic E-state index is 0.0214. The monoisotopic (exact) mass is 375 g/mol. The first kappa shape index (κ1) is 17.7. The van der Waals surface area contributed by atoms with Crippen LogP contribution in [0.3, 0.4) is 0 Å². The zero-order valence-electron chi connectivity index (χ0n) is 14.0. The Bertz CT molecular complexity index is 911. The first-order valence-electron chi connectivity index (χ1n) is 7.87. The van der Waals surface area contributed by atoms with Crippen LogP contribution in [0.15, 0.2) is 35.5 Å². The lowest BCUT2D eigenvalue weighted by molar-refractivity contribution is -0.120. The Morgan fingerprint density at radius 2 is 2.08 bits per heavy atom. The molecule has 25 heavy (non-hydrogen) atoms. The summed E-state index contributed by atoms with van der Waals surface area (Å²) in [7, 11) is 0. The number of halogens is 1. The van der Waals surface area contributed by atoms with Crippen LogP contribution in [0.4, 0.5) is 0 Å². The minimum Gasteiger partial charge on any atom is -0.352 e. The molecule has 0 saturated carbocycles. The highest BCUT2D eigenvalue weighted by Gasteiger charge is 2.11. The third-order valence-corrected chi connectivity index (χ3v) is 4.95. The molecule has 3 aromatic rings. The third-order valence-electron chi connectivity index (χ3n) is 3.65. The Morgan fingerprint density at radius 1 is 1.28 bits per heavy atom. The molecule has 0 spiro atoms. The molecule has 1 amide bonds. The molecular formula is C17H18ClN5OS. The molecule has 130 valence electrons. The van der Waals surface area contributed by atoms with Gasteiger partial charge in [0.05, 0.1) is 0 Å². The van der Waals surface area contributed by atoms with Crippen LogP contribution in [0.5, 0.6) is 0 Å². The summed E-state index contributed by atoms with van der Waals surface area (Å²) in [6.45, 7) is 4.28. The molecular weight excluding hydrogens is 358 g/mol. The van der Waals surface area contributed by atoms with Crippen molar-refractivity contribution in [3.63, 3.8) is 0 Å². The van der Waals surface area contributed by atoms with Gasteiger partial charge in [-0.15, -0.1) is 10.2 Å². The molecule has 0 aliphatic heterocycles. The molecule has 0 aliphatic carbocycles. The van der Waals surface area contributed by atoms with Gasteiger partial charge in [-0.1, -0.05) is 41.6 Å². The zero-order valence-corrected chi connectivity index (χ0v) is 15.6. The van der Waals surface area contributed by atoms with Crippen molar-refractivity contribution in [2.24, 2.45) is 0 Å². The molecule has 1 N–H and O–H groups in total. The number of hydrogen-bond acceptors (Lipinski definition) is 5. The molecule has 2 aromatic heterocycles. The highest BCUT2D eigenvalue weighted by atomic mass is 35.5. The maximum absolute atomic E-state index is 12.0. The standard InChI is InChI=1S/C17H18ClN5OS/c1-11-9-15-21-22-17(23(15)12(2)20-11)25-8-7-16(24)19-10-13-5-3-4-6-14(13)18/h3-6,9H,7-8,10H2,1-2H3,(H,19,24). The second-order valence-electron chi connectivity index (χ2n) is 5.59. The number of carbonyl (C=O) groups is 1. The van der Waals surface area contributed by atoms with Crippen molar-refractivity contribution in [1.29, 1.82) is 0 Å². The number of thioether (sulfide) groups is 1. The average Bonchev–Trinajstić information content (AvgIpc) is 2.97. The van der Waals surface area contributed by atoms with Gasteiger partial charge in [0, 0.05) is 35.5 Å². The fraction of sp³-hybridized carbons (Fsp3) is 0.294. The number of carbonyl (C=O) groups excluding carboxylic acids is 1. The van der Waals surface area contributed by atoms with E-state index >= 15 is 0 Å². The zero-order chi connectivity index (χ0) is 17.8. The predicted molar refractivity (Wildman–Crippen MR) is 98.9 cm³/mol. The van der Waals surface area contributed by atoms with Gasteiger partial charge in [-0.25, -0.2) is 4.98 Å². The number of amides is 1. The van der Waals surface area contributed by atoms with Gasteiger partial charge in [-0.05, 0) is 25.5 Å². The van der Waals surface area contributed by atoms with Gasteiger partial charge in [0.15, 0.2) is 10.8 Å². The lowest BCUT2D eigenvalue weighted by Gasteiger charge is -2.07. The number of nitrogens with one attached hydrogen (secondary N) is 1. The van der Waals surface area contributed by atoms with Crippen LogP contribution in [0, 0.1) is 13.8 Å². The van der Waals surface area contributed by atoms with Gasteiger partial charge in [0.2, 0.25) is 5.91 Å². The fourth-order valence-electron chi connectivity index (χ4n) is 2.46. The summed E-state index contributed by atoms with van der Waals surface area (Å²) in [6.07, 6.45) is 0.391. The minimum atomic E-state index is -0.0214. The van der Waals surface area contributed by atoms with Gasteiger partial charge < -0.3 is 5.32 Å². The van der Waals surface area contributed by atoms with E-state index in [1.807, 2.05) is 48.6 Å². The number of hydrogen-bond donors (Lipinski definition) is 1. The summed E-state index contributed by atoms with van der Waals surface area (Å²) in [5.41, 5.74) is 2.59. The lowest BCUT2D eigenvalue weighted by atomic mass is 10.2. The van der Waals surface area contributed by atoms with Gasteiger partial charge in [0.25, 0.3) is 0 Å². The average molecular weight is 376 g/mol. The fourth-order valence-corrected chi connectivity index (χ4v) is 3.58. The van der Waals surface area contributed by atoms with E-state index in [-0.39, 0.29) is 5.91 Å². The van der Waals surface area contributed by atoms with Crippen molar-refractivity contribution in [1.82, 2.24) is 24.9 Å². The summed E-state index contributed by atoms with van der Waals surface area (Å²) >= 11 is 7.57. The summed E-state index contributed by atoms with van der Waals surface area (Å²) < 4.78 is 1.90. The van der Waals surface area contributed by atoms with Crippen molar-refractivity contribution >= 4 is 34.9 Å². The smallest absolute Gasteiger partial charge is 0.221 e. The number of aromatic nitrogens is 4. The van der Waals surface area contributed by atoms with E-state index in [9.17, 15) is 4.79 Å². The third kappa shape index (κ3) is 4.29. The maximum Gasteiger partial charge on any atom is 0.221 e. The SMILES string of the molecule is Cc1cc2nnc(SCCC(=O)NCc3ccccc3Cl)n2c(C)n1. The van der Waals surface area contributed by atoms with E-state index in [1.54, 1.807) is 0 Å². The molecule has 2 heterocycles. The highest BCUT2D eigenvalue weighted by Crippen LogP contribution is 2.19.